The summed E-state index contributed by atoms with van der Waals surface area (Å²) in [7, 11) is 0. The summed E-state index contributed by atoms with van der Waals surface area (Å²) in [5.41, 5.74) is 2.29. The molecule has 0 aliphatic rings. The number of nitrogens with zero attached hydrogens (tertiary/aromatic N) is 1. The van der Waals surface area contributed by atoms with Crippen LogP contribution in [0.15, 0.2) is 28.9 Å². The number of hydrogen-bond acceptors (Lipinski definition) is 1. The Labute approximate surface area is 83.4 Å². The Kier molecular flexibility index (Phi) is 7.06. The summed E-state index contributed by atoms with van der Waals surface area (Å²) in [5.74, 6) is 0. The van der Waals surface area contributed by atoms with E-state index in [0.29, 0.717) is 0 Å². The fourth-order valence-electron chi connectivity index (χ4n) is 0.593. The maximum absolute atomic E-state index is 4.25. The highest BCUT2D eigenvalue weighted by molar-refractivity contribution is 9.09. The number of aliphatic imine (C=N–C) groups is 1. The van der Waals surface area contributed by atoms with Gasteiger partial charge in [-0.25, -0.2) is 0 Å². The minimum absolute atomic E-state index is 0.842. The van der Waals surface area contributed by atoms with Gasteiger partial charge in [0.1, 0.15) is 0 Å². The predicted octanol–water partition coefficient (Wildman–Crippen LogP) is 3.71. The van der Waals surface area contributed by atoms with Crippen molar-refractivity contribution in [3.05, 3.63) is 23.9 Å². The van der Waals surface area contributed by atoms with Gasteiger partial charge in [0.2, 0.25) is 0 Å². The molecule has 0 saturated heterocycles. The molecule has 0 heterocycles. The third kappa shape index (κ3) is 6.35. The molecule has 0 aromatic rings. The molecule has 0 fully saturated rings. The van der Waals surface area contributed by atoms with Gasteiger partial charge in [-0.05, 0) is 25.8 Å². The Morgan fingerprint density at radius 3 is 2.58 bits per heavy atom. The maximum Gasteiger partial charge on any atom is 0.0414 e. The molecule has 0 atom stereocenters. The van der Waals surface area contributed by atoms with Crippen LogP contribution in [-0.2, 0) is 0 Å². The van der Waals surface area contributed by atoms with Crippen LogP contribution in [0.1, 0.15) is 27.2 Å². The lowest BCUT2D eigenvalue weighted by atomic mass is 10.3. The van der Waals surface area contributed by atoms with Crippen molar-refractivity contribution in [1.29, 1.82) is 0 Å². The molecule has 0 aliphatic carbocycles. The van der Waals surface area contributed by atoms with Gasteiger partial charge in [0.05, 0.1) is 0 Å². The molecule has 2 heteroatoms. The smallest absolute Gasteiger partial charge is 0.0414 e. The van der Waals surface area contributed by atoms with Gasteiger partial charge in [0.25, 0.3) is 0 Å². The summed E-state index contributed by atoms with van der Waals surface area (Å²) in [6.07, 6.45) is 7.19. The molecule has 0 N–H and O–H groups in total. The first kappa shape index (κ1) is 11.6. The lowest BCUT2D eigenvalue weighted by molar-refractivity contribution is 1.21. The Morgan fingerprint density at radius 1 is 1.42 bits per heavy atom. The van der Waals surface area contributed by atoms with Gasteiger partial charge in [-0.1, -0.05) is 35.0 Å². The van der Waals surface area contributed by atoms with E-state index in [0.717, 1.165) is 17.5 Å². The molecular formula is C10H16BrN. The normalized spacial score (nSPS) is 14.3. The van der Waals surface area contributed by atoms with E-state index in [1.54, 1.807) is 0 Å². The summed E-state index contributed by atoms with van der Waals surface area (Å²) >= 11 is 3.34. The van der Waals surface area contributed by atoms with E-state index < -0.39 is 0 Å². The van der Waals surface area contributed by atoms with Crippen LogP contribution in [0.4, 0.5) is 0 Å². The number of rotatable bonds is 4. The Morgan fingerprint density at radius 2 is 2.08 bits per heavy atom. The Balaban J connectivity index is 4.08. The van der Waals surface area contributed by atoms with Crippen molar-refractivity contribution in [2.24, 2.45) is 4.99 Å². The summed E-state index contributed by atoms with van der Waals surface area (Å²) in [6.45, 7) is 6.18. The number of alkyl halides is 1. The molecule has 0 rings (SSSR count). The van der Waals surface area contributed by atoms with Crippen LogP contribution in [0.3, 0.4) is 0 Å². The minimum Gasteiger partial charge on any atom is -0.265 e. The zero-order valence-corrected chi connectivity index (χ0v) is 9.56. The topological polar surface area (TPSA) is 12.4 Å². The van der Waals surface area contributed by atoms with Crippen molar-refractivity contribution in [1.82, 2.24) is 0 Å². The highest BCUT2D eigenvalue weighted by Crippen LogP contribution is 1.97. The Bertz CT molecular complexity index is 202. The van der Waals surface area contributed by atoms with Gasteiger partial charge in [-0.2, -0.15) is 0 Å². The zero-order chi connectivity index (χ0) is 9.40. The van der Waals surface area contributed by atoms with E-state index in [2.05, 4.69) is 46.9 Å². The highest BCUT2D eigenvalue weighted by atomic mass is 79.9. The molecule has 0 aromatic heterocycles. The zero-order valence-electron chi connectivity index (χ0n) is 7.97. The molecule has 0 aromatic carbocycles. The minimum atomic E-state index is 0.842. The lowest BCUT2D eigenvalue weighted by Crippen LogP contribution is -1.88. The van der Waals surface area contributed by atoms with Gasteiger partial charge >= 0.3 is 0 Å². The molecule has 0 spiro atoms. The summed E-state index contributed by atoms with van der Waals surface area (Å²) < 4.78 is 0. The standard InChI is InChI=1S/C10H16BrN/c1-4-5-6-9(2)8-12-10(3)7-11/h5-6,8H,4,7H2,1-3H3/b6-5+,9-8-,12-10+. The van der Waals surface area contributed by atoms with E-state index >= 15 is 0 Å². The third-order valence-electron chi connectivity index (χ3n) is 1.30. The van der Waals surface area contributed by atoms with Gasteiger partial charge in [0.15, 0.2) is 0 Å². The monoisotopic (exact) mass is 229 g/mol. The first-order chi connectivity index (χ1) is 5.70. The molecule has 0 aliphatic heterocycles. The summed E-state index contributed by atoms with van der Waals surface area (Å²) in [5, 5.41) is 0.842. The SMILES string of the molecule is CC/C=C/C(C)=C\N=C(/C)CBr. The van der Waals surface area contributed by atoms with E-state index in [-0.39, 0.29) is 0 Å². The van der Waals surface area contributed by atoms with Crippen molar-refractivity contribution in [2.75, 3.05) is 5.33 Å². The number of halogens is 1. The van der Waals surface area contributed by atoms with E-state index in [1.807, 2.05) is 13.1 Å². The molecular weight excluding hydrogens is 214 g/mol. The van der Waals surface area contributed by atoms with E-state index in [9.17, 15) is 0 Å². The third-order valence-corrected chi connectivity index (χ3v) is 2.11. The van der Waals surface area contributed by atoms with Crippen molar-refractivity contribution in [2.45, 2.75) is 27.2 Å². The summed E-state index contributed by atoms with van der Waals surface area (Å²) in [6, 6.07) is 0. The van der Waals surface area contributed by atoms with Crippen molar-refractivity contribution in [3.8, 4) is 0 Å². The second kappa shape index (κ2) is 7.29. The van der Waals surface area contributed by atoms with Gasteiger partial charge in [0, 0.05) is 17.2 Å². The fraction of sp³-hybridized carbons (Fsp3) is 0.500. The molecule has 0 bridgehead atoms. The first-order valence-electron chi connectivity index (χ1n) is 4.13. The fourth-order valence-corrected chi connectivity index (χ4v) is 0.738. The van der Waals surface area contributed by atoms with Gasteiger partial charge in [-0.15, -0.1) is 0 Å². The molecule has 0 unspecified atom stereocenters. The second-order valence-corrected chi connectivity index (χ2v) is 3.24. The average molecular weight is 230 g/mol. The number of allylic oxidation sites excluding steroid dienone is 3. The van der Waals surface area contributed by atoms with Gasteiger partial charge < -0.3 is 0 Å². The van der Waals surface area contributed by atoms with E-state index in [1.165, 1.54) is 5.57 Å². The molecule has 0 radical (unpaired) electrons. The second-order valence-electron chi connectivity index (χ2n) is 2.68. The average Bonchev–Trinajstić information content (AvgIpc) is 2.10. The van der Waals surface area contributed by atoms with Crippen LogP contribution >= 0.6 is 15.9 Å². The lowest BCUT2D eigenvalue weighted by Gasteiger charge is -1.90. The number of hydrogen-bond donors (Lipinski definition) is 0. The van der Waals surface area contributed by atoms with Crippen molar-refractivity contribution in [3.63, 3.8) is 0 Å². The first-order valence-corrected chi connectivity index (χ1v) is 5.25. The van der Waals surface area contributed by atoms with Crippen LogP contribution < -0.4 is 0 Å². The van der Waals surface area contributed by atoms with Crippen LogP contribution in [-0.4, -0.2) is 11.0 Å². The van der Waals surface area contributed by atoms with Crippen molar-refractivity contribution >= 4 is 21.6 Å². The highest BCUT2D eigenvalue weighted by Gasteiger charge is 1.83. The molecule has 0 saturated carbocycles. The predicted molar refractivity (Wildman–Crippen MR) is 60.1 cm³/mol. The molecule has 0 amide bonds. The van der Waals surface area contributed by atoms with Crippen LogP contribution in [0.5, 0.6) is 0 Å². The molecule has 68 valence electrons. The van der Waals surface area contributed by atoms with Crippen LogP contribution in [0.25, 0.3) is 0 Å². The van der Waals surface area contributed by atoms with Gasteiger partial charge in [-0.3, -0.25) is 4.99 Å². The molecule has 1 nitrogen and oxygen atoms in total. The largest absolute Gasteiger partial charge is 0.265 e. The molecule has 12 heavy (non-hydrogen) atoms. The van der Waals surface area contributed by atoms with Crippen LogP contribution in [0.2, 0.25) is 0 Å². The Hall–Kier alpha value is -0.370. The van der Waals surface area contributed by atoms with Crippen LogP contribution in [0, 0.1) is 0 Å². The maximum atomic E-state index is 4.25. The summed E-state index contributed by atoms with van der Waals surface area (Å²) in [4.78, 5) is 4.25. The van der Waals surface area contributed by atoms with E-state index in [4.69, 9.17) is 0 Å². The van der Waals surface area contributed by atoms with Crippen molar-refractivity contribution < 1.29 is 0 Å². The quantitative estimate of drug-likeness (QED) is 0.396.